The zero-order valence-corrected chi connectivity index (χ0v) is 8.86. The van der Waals surface area contributed by atoms with Crippen molar-refractivity contribution in [2.24, 2.45) is 0 Å². The zero-order chi connectivity index (χ0) is 10.7. The van der Waals surface area contributed by atoms with E-state index in [0.29, 0.717) is 12.5 Å². The minimum atomic E-state index is 0.0975. The third-order valence-corrected chi connectivity index (χ3v) is 2.80. The molecule has 0 bridgehead atoms. The Morgan fingerprint density at radius 3 is 2.73 bits per heavy atom. The summed E-state index contributed by atoms with van der Waals surface area (Å²) in [6.45, 7) is 2.63. The summed E-state index contributed by atoms with van der Waals surface area (Å²) in [5.41, 5.74) is 1.32. The Morgan fingerprint density at radius 1 is 1.40 bits per heavy atom. The lowest BCUT2D eigenvalue weighted by Crippen LogP contribution is -2.33. The highest BCUT2D eigenvalue weighted by molar-refractivity contribution is 5.80. The normalized spacial score (nSPS) is 22.5. The number of benzene rings is 1. The molecule has 2 rings (SSSR count). The molecule has 1 amide bonds. The van der Waals surface area contributed by atoms with Gasteiger partial charge in [-0.1, -0.05) is 37.3 Å². The Kier molecular flexibility index (Phi) is 3.02. The second-order valence-electron chi connectivity index (χ2n) is 4.05. The topological polar surface area (TPSA) is 41.1 Å². The summed E-state index contributed by atoms with van der Waals surface area (Å²) in [4.78, 5) is 11.0. The smallest absolute Gasteiger partial charge is 0.235 e. The van der Waals surface area contributed by atoms with Crippen molar-refractivity contribution in [3.05, 3.63) is 35.9 Å². The molecular formula is C12H16N2O. The Balaban J connectivity index is 1.92. The van der Waals surface area contributed by atoms with Gasteiger partial charge in [0, 0.05) is 0 Å². The number of carbonyl (C=O) groups is 1. The first-order chi connectivity index (χ1) is 7.25. The van der Waals surface area contributed by atoms with Crippen LogP contribution in [-0.2, 0) is 4.79 Å². The number of rotatable bonds is 3. The van der Waals surface area contributed by atoms with Crippen LogP contribution in [0, 0.1) is 0 Å². The molecule has 1 fully saturated rings. The average Bonchev–Trinajstić information content (AvgIpc) is 2.65. The minimum absolute atomic E-state index is 0.0975. The first kappa shape index (κ1) is 10.2. The maximum atomic E-state index is 11.0. The minimum Gasteiger partial charge on any atom is -0.340 e. The average molecular weight is 204 g/mol. The molecule has 0 unspecified atom stereocenters. The van der Waals surface area contributed by atoms with E-state index in [4.69, 9.17) is 0 Å². The molecule has 2 atom stereocenters. The van der Waals surface area contributed by atoms with E-state index < -0.39 is 0 Å². The molecule has 0 aromatic heterocycles. The van der Waals surface area contributed by atoms with Crippen molar-refractivity contribution in [3.63, 3.8) is 0 Å². The fourth-order valence-electron chi connectivity index (χ4n) is 1.93. The molecule has 15 heavy (non-hydrogen) atoms. The second-order valence-corrected chi connectivity index (χ2v) is 4.05. The van der Waals surface area contributed by atoms with Gasteiger partial charge in [-0.15, -0.1) is 0 Å². The Labute approximate surface area is 89.9 Å². The first-order valence-electron chi connectivity index (χ1n) is 5.33. The van der Waals surface area contributed by atoms with Gasteiger partial charge in [0.1, 0.15) is 0 Å². The van der Waals surface area contributed by atoms with Gasteiger partial charge in [-0.25, -0.2) is 0 Å². The Morgan fingerprint density at radius 2 is 2.13 bits per heavy atom. The van der Waals surface area contributed by atoms with Crippen molar-refractivity contribution in [3.8, 4) is 0 Å². The van der Waals surface area contributed by atoms with E-state index in [1.807, 2.05) is 18.2 Å². The maximum absolute atomic E-state index is 11.0. The highest BCUT2D eigenvalue weighted by atomic mass is 16.2. The van der Waals surface area contributed by atoms with Crippen LogP contribution in [0.5, 0.6) is 0 Å². The number of nitrogens with one attached hydrogen (secondary N) is 2. The molecule has 1 aliphatic rings. The van der Waals surface area contributed by atoms with Crippen molar-refractivity contribution in [1.82, 2.24) is 10.6 Å². The van der Waals surface area contributed by atoms with Crippen molar-refractivity contribution in [2.45, 2.75) is 25.4 Å². The van der Waals surface area contributed by atoms with Gasteiger partial charge in [-0.2, -0.15) is 0 Å². The summed E-state index contributed by atoms with van der Waals surface area (Å²) in [6.07, 6.45) is 1.07. The van der Waals surface area contributed by atoms with E-state index in [9.17, 15) is 4.79 Å². The Hall–Kier alpha value is -1.35. The zero-order valence-electron chi connectivity index (χ0n) is 8.86. The molecule has 0 spiro atoms. The van der Waals surface area contributed by atoms with E-state index in [-0.39, 0.29) is 12.1 Å². The van der Waals surface area contributed by atoms with E-state index in [2.05, 4.69) is 29.7 Å². The lowest BCUT2D eigenvalue weighted by Gasteiger charge is -2.16. The van der Waals surface area contributed by atoms with Gasteiger partial charge in [0.05, 0.1) is 12.7 Å². The summed E-state index contributed by atoms with van der Waals surface area (Å²) < 4.78 is 0. The molecule has 1 aromatic rings. The predicted molar refractivity (Wildman–Crippen MR) is 59.4 cm³/mol. The molecule has 0 aliphatic carbocycles. The van der Waals surface area contributed by atoms with Crippen molar-refractivity contribution >= 4 is 5.91 Å². The van der Waals surface area contributed by atoms with Crippen LogP contribution in [0.1, 0.15) is 24.8 Å². The van der Waals surface area contributed by atoms with Crippen LogP contribution >= 0.6 is 0 Å². The predicted octanol–water partition coefficient (Wildman–Crippen LogP) is 1.23. The molecule has 1 aliphatic heterocycles. The third kappa shape index (κ3) is 2.57. The van der Waals surface area contributed by atoms with Gasteiger partial charge in [0.25, 0.3) is 0 Å². The molecule has 3 heteroatoms. The number of carbonyl (C=O) groups excluding carboxylic acids is 1. The Bertz CT molecular complexity index is 337. The van der Waals surface area contributed by atoms with Crippen LogP contribution in [0.4, 0.5) is 0 Å². The fraction of sp³-hybridized carbons (Fsp3) is 0.417. The van der Waals surface area contributed by atoms with E-state index in [1.54, 1.807) is 0 Å². The molecule has 0 radical (unpaired) electrons. The lowest BCUT2D eigenvalue weighted by atomic mass is 9.97. The van der Waals surface area contributed by atoms with Crippen LogP contribution in [0.3, 0.4) is 0 Å². The number of hydrogen-bond donors (Lipinski definition) is 2. The van der Waals surface area contributed by atoms with Crippen molar-refractivity contribution < 1.29 is 4.79 Å². The molecule has 80 valence electrons. The summed E-state index contributed by atoms with van der Waals surface area (Å²) in [6, 6.07) is 10.4. The summed E-state index contributed by atoms with van der Waals surface area (Å²) in [5.74, 6) is 0.558. The largest absolute Gasteiger partial charge is 0.340 e. The standard InChI is InChI=1S/C12H16N2O/c1-9(10-5-3-2-4-6-10)7-11-13-8-12(15)14-11/h2-6,9,11,13H,7-8H2,1H3,(H,14,15)/t9-,11+/m1/s1. The SMILES string of the molecule is C[C@H](C[C@H]1NCC(=O)N1)c1ccccc1. The molecule has 3 nitrogen and oxygen atoms in total. The highest BCUT2D eigenvalue weighted by Crippen LogP contribution is 2.19. The van der Waals surface area contributed by atoms with Crippen molar-refractivity contribution in [2.75, 3.05) is 6.54 Å². The van der Waals surface area contributed by atoms with Crippen LogP contribution in [0.25, 0.3) is 0 Å². The van der Waals surface area contributed by atoms with Crippen LogP contribution in [-0.4, -0.2) is 18.6 Å². The molecule has 1 heterocycles. The van der Waals surface area contributed by atoms with Crippen LogP contribution < -0.4 is 10.6 Å². The van der Waals surface area contributed by atoms with Gasteiger partial charge < -0.3 is 5.32 Å². The van der Waals surface area contributed by atoms with Gasteiger partial charge in [0.2, 0.25) is 5.91 Å². The molecule has 1 saturated heterocycles. The summed E-state index contributed by atoms with van der Waals surface area (Å²) >= 11 is 0. The molecule has 1 aromatic carbocycles. The van der Waals surface area contributed by atoms with Gasteiger partial charge in [0.15, 0.2) is 0 Å². The van der Waals surface area contributed by atoms with Gasteiger partial charge in [-0.05, 0) is 17.9 Å². The summed E-state index contributed by atoms with van der Waals surface area (Å²) in [5, 5.41) is 6.05. The second kappa shape index (κ2) is 4.45. The first-order valence-corrected chi connectivity index (χ1v) is 5.33. The van der Waals surface area contributed by atoms with Crippen molar-refractivity contribution in [1.29, 1.82) is 0 Å². The number of amides is 1. The fourth-order valence-corrected chi connectivity index (χ4v) is 1.93. The summed E-state index contributed by atoms with van der Waals surface area (Å²) in [7, 11) is 0. The highest BCUT2D eigenvalue weighted by Gasteiger charge is 2.21. The van der Waals surface area contributed by atoms with Crippen LogP contribution in [0.2, 0.25) is 0 Å². The van der Waals surface area contributed by atoms with Gasteiger partial charge >= 0.3 is 0 Å². The molecular weight excluding hydrogens is 188 g/mol. The third-order valence-electron chi connectivity index (χ3n) is 2.80. The van der Waals surface area contributed by atoms with Crippen LogP contribution in [0.15, 0.2) is 30.3 Å². The quantitative estimate of drug-likeness (QED) is 0.777. The molecule has 0 saturated carbocycles. The lowest BCUT2D eigenvalue weighted by molar-refractivity contribution is -0.118. The van der Waals surface area contributed by atoms with E-state index >= 15 is 0 Å². The van der Waals surface area contributed by atoms with Gasteiger partial charge in [-0.3, -0.25) is 10.1 Å². The van der Waals surface area contributed by atoms with E-state index in [0.717, 1.165) is 6.42 Å². The maximum Gasteiger partial charge on any atom is 0.235 e. The number of hydrogen-bond acceptors (Lipinski definition) is 2. The monoisotopic (exact) mass is 204 g/mol. The molecule has 2 N–H and O–H groups in total. The van der Waals surface area contributed by atoms with E-state index in [1.165, 1.54) is 5.56 Å².